The van der Waals surface area contributed by atoms with Gasteiger partial charge in [-0.3, -0.25) is 14.5 Å². The highest BCUT2D eigenvalue weighted by Crippen LogP contribution is 2.42. The maximum absolute atomic E-state index is 13.3. The zero-order valence-electron chi connectivity index (χ0n) is 15.3. The molecule has 2 aromatic rings. The van der Waals surface area contributed by atoms with Gasteiger partial charge in [-0.05, 0) is 42.0 Å². The van der Waals surface area contributed by atoms with E-state index in [1.165, 1.54) is 36.3 Å². The second-order valence-electron chi connectivity index (χ2n) is 6.61. The number of ketones is 1. The normalized spacial score (nSPS) is 17.0. The van der Waals surface area contributed by atoms with Crippen LogP contribution in [0.4, 0.5) is 10.1 Å². The molecule has 6 heteroatoms. The van der Waals surface area contributed by atoms with Crippen molar-refractivity contribution in [1.82, 2.24) is 0 Å². The molecule has 3 rings (SSSR count). The minimum Gasteiger partial charge on any atom is -0.503 e. The van der Waals surface area contributed by atoms with Crippen LogP contribution in [-0.2, 0) is 9.59 Å². The van der Waals surface area contributed by atoms with Crippen molar-refractivity contribution in [1.29, 1.82) is 0 Å². The van der Waals surface area contributed by atoms with E-state index in [0.717, 1.165) is 0 Å². The number of nitrogens with zero attached hydrogens (tertiary/aromatic N) is 1. The highest BCUT2D eigenvalue weighted by atomic mass is 19.1. The topological polar surface area (TPSA) is 66.8 Å². The van der Waals surface area contributed by atoms with Gasteiger partial charge in [0.25, 0.3) is 5.91 Å². The number of aliphatic hydroxyl groups excluding tert-OH is 1. The summed E-state index contributed by atoms with van der Waals surface area (Å²) in [5.74, 6) is -1.89. The van der Waals surface area contributed by atoms with Crippen LogP contribution in [0.3, 0.4) is 0 Å². The Kier molecular flexibility index (Phi) is 4.99. The minimum atomic E-state index is -0.826. The highest BCUT2D eigenvalue weighted by Gasteiger charge is 2.44. The lowest BCUT2D eigenvalue weighted by Gasteiger charge is -2.27. The first-order valence-electron chi connectivity index (χ1n) is 8.55. The summed E-state index contributed by atoms with van der Waals surface area (Å²) in [5.41, 5.74) is 1.03. The van der Waals surface area contributed by atoms with E-state index < -0.39 is 29.4 Å². The van der Waals surface area contributed by atoms with Crippen LogP contribution in [0, 0.1) is 11.7 Å². The fraction of sp³-hybridized carbons (Fsp3) is 0.238. The van der Waals surface area contributed by atoms with E-state index in [9.17, 15) is 19.1 Å². The largest absolute Gasteiger partial charge is 0.503 e. The predicted molar refractivity (Wildman–Crippen MR) is 99.1 cm³/mol. The fourth-order valence-electron chi connectivity index (χ4n) is 3.16. The second kappa shape index (κ2) is 7.23. The number of aliphatic hydroxyl groups is 1. The molecular weight excluding hydrogens is 349 g/mol. The molecule has 0 aromatic heterocycles. The molecule has 1 heterocycles. The van der Waals surface area contributed by atoms with Crippen molar-refractivity contribution in [3.05, 3.63) is 71.2 Å². The number of benzene rings is 2. The number of methoxy groups -OCH3 is 1. The zero-order valence-corrected chi connectivity index (χ0v) is 15.3. The molecule has 1 aliphatic heterocycles. The number of hydrogen-bond donors (Lipinski definition) is 1. The number of hydrogen-bond acceptors (Lipinski definition) is 4. The third-order valence-electron chi connectivity index (χ3n) is 4.51. The molecule has 0 aliphatic carbocycles. The Hall–Kier alpha value is -3.15. The van der Waals surface area contributed by atoms with Crippen molar-refractivity contribution in [2.45, 2.75) is 19.9 Å². The Morgan fingerprint density at radius 1 is 1.19 bits per heavy atom. The van der Waals surface area contributed by atoms with Gasteiger partial charge in [-0.25, -0.2) is 4.39 Å². The molecule has 140 valence electrons. The van der Waals surface area contributed by atoms with Crippen LogP contribution in [-0.4, -0.2) is 23.9 Å². The van der Waals surface area contributed by atoms with Gasteiger partial charge in [0.05, 0.1) is 18.7 Å². The number of halogens is 1. The Morgan fingerprint density at radius 2 is 1.85 bits per heavy atom. The summed E-state index contributed by atoms with van der Waals surface area (Å²) < 4.78 is 18.6. The van der Waals surface area contributed by atoms with Gasteiger partial charge in [0, 0.05) is 11.6 Å². The van der Waals surface area contributed by atoms with Gasteiger partial charge in [0.15, 0.2) is 11.5 Å². The van der Waals surface area contributed by atoms with Gasteiger partial charge in [0.2, 0.25) is 0 Å². The maximum atomic E-state index is 13.3. The van der Waals surface area contributed by atoms with Crippen LogP contribution in [0.1, 0.15) is 25.5 Å². The molecule has 1 unspecified atom stereocenters. The molecule has 2 aromatic carbocycles. The first-order valence-corrected chi connectivity index (χ1v) is 8.55. The van der Waals surface area contributed by atoms with Crippen molar-refractivity contribution >= 4 is 17.4 Å². The van der Waals surface area contributed by atoms with Gasteiger partial charge in [-0.2, -0.15) is 0 Å². The molecule has 0 fully saturated rings. The summed E-state index contributed by atoms with van der Waals surface area (Å²) in [6.07, 6.45) is 0. The van der Waals surface area contributed by atoms with E-state index in [4.69, 9.17) is 4.74 Å². The number of amides is 1. The lowest BCUT2D eigenvalue weighted by molar-refractivity contribution is -0.119. The average Bonchev–Trinajstić information content (AvgIpc) is 2.93. The Balaban J connectivity index is 2.19. The summed E-state index contributed by atoms with van der Waals surface area (Å²) in [7, 11) is 1.52. The highest BCUT2D eigenvalue weighted by molar-refractivity contribution is 6.16. The molecule has 1 atom stereocenters. The molecule has 0 saturated heterocycles. The molecule has 5 nitrogen and oxygen atoms in total. The van der Waals surface area contributed by atoms with Crippen molar-refractivity contribution in [2.75, 3.05) is 12.0 Å². The lowest BCUT2D eigenvalue weighted by atomic mass is 9.91. The predicted octanol–water partition coefficient (Wildman–Crippen LogP) is 3.96. The summed E-state index contributed by atoms with van der Waals surface area (Å²) in [6.45, 7) is 3.41. The molecule has 0 saturated carbocycles. The van der Waals surface area contributed by atoms with Gasteiger partial charge >= 0.3 is 0 Å². The lowest BCUT2D eigenvalue weighted by Crippen LogP contribution is -2.31. The van der Waals surface area contributed by atoms with E-state index in [2.05, 4.69) is 0 Å². The standard InChI is InChI=1S/C21H20FNO4/c1-12(2)19(24)17-18(13-5-4-6-16(11-13)27-3)23(21(26)20(17)25)15-9-7-14(22)8-10-15/h4-12,18,25H,1-3H3. The Morgan fingerprint density at radius 3 is 2.44 bits per heavy atom. The van der Waals surface area contributed by atoms with E-state index in [0.29, 0.717) is 17.0 Å². The van der Waals surface area contributed by atoms with Crippen LogP contribution in [0.2, 0.25) is 0 Å². The molecule has 1 amide bonds. The molecule has 0 radical (unpaired) electrons. The van der Waals surface area contributed by atoms with Crippen LogP contribution in [0.15, 0.2) is 59.9 Å². The number of ether oxygens (including phenoxy) is 1. The van der Waals surface area contributed by atoms with Crippen molar-refractivity contribution in [3.8, 4) is 5.75 Å². The summed E-state index contributed by atoms with van der Waals surface area (Å²) >= 11 is 0. The molecule has 27 heavy (non-hydrogen) atoms. The molecule has 0 bridgehead atoms. The fourth-order valence-corrected chi connectivity index (χ4v) is 3.16. The van der Waals surface area contributed by atoms with Crippen LogP contribution >= 0.6 is 0 Å². The average molecular weight is 369 g/mol. The first kappa shape index (κ1) is 18.6. The summed E-state index contributed by atoms with van der Waals surface area (Å²) in [4.78, 5) is 26.9. The molecule has 0 spiro atoms. The monoisotopic (exact) mass is 369 g/mol. The van der Waals surface area contributed by atoms with Crippen molar-refractivity contribution in [3.63, 3.8) is 0 Å². The number of carbonyl (C=O) groups excluding carboxylic acids is 2. The van der Waals surface area contributed by atoms with E-state index in [-0.39, 0.29) is 11.4 Å². The molecular formula is C21H20FNO4. The first-order chi connectivity index (χ1) is 12.8. The van der Waals surface area contributed by atoms with E-state index in [1.807, 2.05) is 0 Å². The summed E-state index contributed by atoms with van der Waals surface area (Å²) in [5, 5.41) is 10.5. The van der Waals surface area contributed by atoms with Gasteiger partial charge in [0.1, 0.15) is 11.6 Å². The molecule has 1 N–H and O–H groups in total. The van der Waals surface area contributed by atoms with Crippen molar-refractivity contribution in [2.24, 2.45) is 5.92 Å². The van der Waals surface area contributed by atoms with Crippen LogP contribution in [0.5, 0.6) is 5.75 Å². The smallest absolute Gasteiger partial charge is 0.294 e. The van der Waals surface area contributed by atoms with E-state index in [1.54, 1.807) is 38.1 Å². The third kappa shape index (κ3) is 3.30. The number of carbonyl (C=O) groups is 2. The summed E-state index contributed by atoms with van der Waals surface area (Å²) in [6, 6.07) is 11.5. The van der Waals surface area contributed by atoms with Crippen LogP contribution < -0.4 is 9.64 Å². The number of Topliss-reactive ketones (excluding diaryl/α,β-unsaturated/α-hetero) is 1. The van der Waals surface area contributed by atoms with Crippen LogP contribution in [0.25, 0.3) is 0 Å². The third-order valence-corrected chi connectivity index (χ3v) is 4.51. The van der Waals surface area contributed by atoms with Gasteiger partial charge in [-0.1, -0.05) is 26.0 Å². The maximum Gasteiger partial charge on any atom is 0.294 e. The Bertz CT molecular complexity index is 918. The molecule has 1 aliphatic rings. The minimum absolute atomic E-state index is 0.0348. The second-order valence-corrected chi connectivity index (χ2v) is 6.61. The van der Waals surface area contributed by atoms with Crippen molar-refractivity contribution < 1.29 is 23.8 Å². The van der Waals surface area contributed by atoms with E-state index >= 15 is 0 Å². The number of rotatable bonds is 5. The van der Waals surface area contributed by atoms with Gasteiger partial charge < -0.3 is 9.84 Å². The Labute approximate surface area is 156 Å². The SMILES string of the molecule is COc1cccc(C2C(C(=O)C(C)C)=C(O)C(=O)N2c2ccc(F)cc2)c1. The zero-order chi connectivity index (χ0) is 19.7. The quantitative estimate of drug-likeness (QED) is 0.866. The number of anilines is 1. The van der Waals surface area contributed by atoms with Gasteiger partial charge in [-0.15, -0.1) is 0 Å².